The molecule has 0 saturated carbocycles. The SMILES string of the molecule is COc1cccc(CNC(=O)C(C)(C)N2C(=O)CC2c2ccccc2)c1OC. The second-order valence-corrected chi connectivity index (χ2v) is 7.29. The number of methoxy groups -OCH3 is 2. The van der Waals surface area contributed by atoms with Crippen molar-refractivity contribution in [2.24, 2.45) is 0 Å². The minimum atomic E-state index is -0.970. The number of likely N-dealkylation sites (tertiary alicyclic amines) is 1. The molecular weight excluding hydrogens is 356 g/mol. The van der Waals surface area contributed by atoms with Gasteiger partial charge in [0.1, 0.15) is 5.54 Å². The van der Waals surface area contributed by atoms with E-state index in [0.29, 0.717) is 17.9 Å². The molecule has 2 amide bonds. The van der Waals surface area contributed by atoms with Crippen molar-refractivity contribution in [3.8, 4) is 11.5 Å². The first-order valence-corrected chi connectivity index (χ1v) is 9.25. The van der Waals surface area contributed by atoms with E-state index < -0.39 is 5.54 Å². The molecule has 6 heteroatoms. The Balaban J connectivity index is 1.74. The van der Waals surface area contributed by atoms with Crippen molar-refractivity contribution in [2.45, 2.75) is 38.4 Å². The summed E-state index contributed by atoms with van der Waals surface area (Å²) in [5.41, 5.74) is 0.875. The molecule has 1 unspecified atom stereocenters. The van der Waals surface area contributed by atoms with Gasteiger partial charge in [0.2, 0.25) is 11.8 Å². The maximum atomic E-state index is 13.0. The Bertz CT molecular complexity index is 864. The van der Waals surface area contributed by atoms with Gasteiger partial charge in [0.25, 0.3) is 0 Å². The van der Waals surface area contributed by atoms with Crippen LogP contribution in [-0.4, -0.2) is 36.5 Å². The summed E-state index contributed by atoms with van der Waals surface area (Å²) in [5.74, 6) is 0.959. The number of benzene rings is 2. The van der Waals surface area contributed by atoms with E-state index in [-0.39, 0.29) is 24.4 Å². The number of carbonyl (C=O) groups excluding carboxylic acids is 2. The van der Waals surface area contributed by atoms with Crippen LogP contribution in [0.5, 0.6) is 11.5 Å². The highest BCUT2D eigenvalue weighted by Gasteiger charge is 2.49. The van der Waals surface area contributed by atoms with Gasteiger partial charge in [-0.15, -0.1) is 0 Å². The maximum Gasteiger partial charge on any atom is 0.245 e. The van der Waals surface area contributed by atoms with E-state index in [1.54, 1.807) is 39.0 Å². The fraction of sp³-hybridized carbons (Fsp3) is 0.364. The number of hydrogen-bond acceptors (Lipinski definition) is 4. The van der Waals surface area contributed by atoms with Crippen LogP contribution in [-0.2, 0) is 16.1 Å². The molecule has 2 aromatic rings. The van der Waals surface area contributed by atoms with Crippen LogP contribution in [0.3, 0.4) is 0 Å². The molecule has 1 aliphatic heterocycles. The summed E-state index contributed by atoms with van der Waals surface area (Å²) < 4.78 is 10.7. The van der Waals surface area contributed by atoms with Crippen LogP contribution in [0.15, 0.2) is 48.5 Å². The number of amides is 2. The molecule has 2 aromatic carbocycles. The molecule has 1 atom stereocenters. The van der Waals surface area contributed by atoms with Crippen LogP contribution in [0.4, 0.5) is 0 Å². The third-order valence-electron chi connectivity index (χ3n) is 5.21. The van der Waals surface area contributed by atoms with E-state index in [1.165, 1.54) is 0 Å². The Kier molecular flexibility index (Phi) is 5.58. The second kappa shape index (κ2) is 7.92. The summed E-state index contributed by atoms with van der Waals surface area (Å²) in [6, 6.07) is 15.2. The Labute approximate surface area is 165 Å². The van der Waals surface area contributed by atoms with Crippen LogP contribution >= 0.6 is 0 Å². The average Bonchev–Trinajstić information content (AvgIpc) is 2.69. The zero-order valence-electron chi connectivity index (χ0n) is 16.7. The predicted molar refractivity (Wildman–Crippen MR) is 106 cm³/mol. The number of rotatable bonds is 7. The minimum Gasteiger partial charge on any atom is -0.493 e. The third-order valence-corrected chi connectivity index (χ3v) is 5.21. The third kappa shape index (κ3) is 3.54. The molecule has 0 aliphatic carbocycles. The lowest BCUT2D eigenvalue weighted by Crippen LogP contribution is -2.63. The summed E-state index contributed by atoms with van der Waals surface area (Å²) in [7, 11) is 3.14. The number of hydrogen-bond donors (Lipinski definition) is 1. The summed E-state index contributed by atoms with van der Waals surface area (Å²) in [6.45, 7) is 3.83. The van der Waals surface area contributed by atoms with Crippen LogP contribution < -0.4 is 14.8 Å². The molecule has 6 nitrogen and oxygen atoms in total. The van der Waals surface area contributed by atoms with Gasteiger partial charge < -0.3 is 19.7 Å². The van der Waals surface area contributed by atoms with Crippen molar-refractivity contribution in [3.05, 3.63) is 59.7 Å². The Morgan fingerprint density at radius 1 is 1.11 bits per heavy atom. The highest BCUT2D eigenvalue weighted by molar-refractivity contribution is 5.94. The number of β-lactam (4-membered cyclic amide) rings is 1. The maximum absolute atomic E-state index is 13.0. The molecule has 0 radical (unpaired) electrons. The molecule has 3 rings (SSSR count). The molecule has 148 valence electrons. The van der Waals surface area contributed by atoms with Gasteiger partial charge in [-0.2, -0.15) is 0 Å². The fourth-order valence-electron chi connectivity index (χ4n) is 3.65. The van der Waals surface area contributed by atoms with Gasteiger partial charge in [-0.25, -0.2) is 0 Å². The molecule has 1 aliphatic rings. The molecule has 1 saturated heterocycles. The van der Waals surface area contributed by atoms with Gasteiger partial charge in [-0.3, -0.25) is 9.59 Å². The molecule has 1 fully saturated rings. The topological polar surface area (TPSA) is 67.9 Å². The molecule has 0 spiro atoms. The first-order chi connectivity index (χ1) is 13.4. The monoisotopic (exact) mass is 382 g/mol. The lowest BCUT2D eigenvalue weighted by Gasteiger charge is -2.49. The molecule has 1 heterocycles. The summed E-state index contributed by atoms with van der Waals surface area (Å²) in [5, 5.41) is 2.94. The Morgan fingerprint density at radius 3 is 2.43 bits per heavy atom. The zero-order valence-corrected chi connectivity index (χ0v) is 16.7. The summed E-state index contributed by atoms with van der Waals surface area (Å²) in [4.78, 5) is 27.0. The van der Waals surface area contributed by atoms with E-state index in [2.05, 4.69) is 5.32 Å². The van der Waals surface area contributed by atoms with Gasteiger partial charge in [0, 0.05) is 12.1 Å². The molecule has 0 bridgehead atoms. The van der Waals surface area contributed by atoms with Crippen molar-refractivity contribution in [1.29, 1.82) is 0 Å². The molecule has 28 heavy (non-hydrogen) atoms. The number of ether oxygens (including phenoxy) is 2. The van der Waals surface area contributed by atoms with Gasteiger partial charge in [-0.1, -0.05) is 42.5 Å². The van der Waals surface area contributed by atoms with Gasteiger partial charge in [0.15, 0.2) is 11.5 Å². The van der Waals surface area contributed by atoms with E-state index in [1.807, 2.05) is 42.5 Å². The van der Waals surface area contributed by atoms with Crippen LogP contribution in [0.1, 0.15) is 37.4 Å². The van der Waals surface area contributed by atoms with Crippen LogP contribution in [0, 0.1) is 0 Å². The van der Waals surface area contributed by atoms with Crippen LogP contribution in [0.2, 0.25) is 0 Å². The fourth-order valence-corrected chi connectivity index (χ4v) is 3.65. The van der Waals surface area contributed by atoms with Gasteiger partial charge in [0.05, 0.1) is 26.7 Å². The lowest BCUT2D eigenvalue weighted by molar-refractivity contribution is -0.162. The average molecular weight is 382 g/mol. The first-order valence-electron chi connectivity index (χ1n) is 9.25. The molecular formula is C22H26N2O4. The van der Waals surface area contributed by atoms with Gasteiger partial charge >= 0.3 is 0 Å². The van der Waals surface area contributed by atoms with Crippen molar-refractivity contribution in [1.82, 2.24) is 10.2 Å². The number of nitrogens with zero attached hydrogens (tertiary/aromatic N) is 1. The smallest absolute Gasteiger partial charge is 0.245 e. The second-order valence-electron chi connectivity index (χ2n) is 7.29. The minimum absolute atomic E-state index is 0.0204. The standard InChI is InChI=1S/C22H26N2O4/c1-22(2,24-17(13-19(24)25)15-9-6-5-7-10-15)21(26)23-14-16-11-8-12-18(27-3)20(16)28-4/h5-12,17H,13-14H2,1-4H3,(H,23,26). The zero-order chi connectivity index (χ0) is 20.3. The number of carbonyl (C=O) groups is 2. The molecule has 1 N–H and O–H groups in total. The summed E-state index contributed by atoms with van der Waals surface area (Å²) >= 11 is 0. The van der Waals surface area contributed by atoms with Gasteiger partial charge in [-0.05, 0) is 25.5 Å². The number of nitrogens with one attached hydrogen (secondary N) is 1. The lowest BCUT2D eigenvalue weighted by atomic mass is 9.86. The highest BCUT2D eigenvalue weighted by atomic mass is 16.5. The van der Waals surface area contributed by atoms with Crippen molar-refractivity contribution in [2.75, 3.05) is 14.2 Å². The van der Waals surface area contributed by atoms with E-state index >= 15 is 0 Å². The van der Waals surface area contributed by atoms with Crippen LogP contribution in [0.25, 0.3) is 0 Å². The Morgan fingerprint density at radius 2 is 1.82 bits per heavy atom. The largest absolute Gasteiger partial charge is 0.493 e. The van der Waals surface area contributed by atoms with E-state index in [4.69, 9.17) is 9.47 Å². The van der Waals surface area contributed by atoms with Crippen molar-refractivity contribution in [3.63, 3.8) is 0 Å². The van der Waals surface area contributed by atoms with E-state index in [9.17, 15) is 9.59 Å². The first kappa shape index (κ1) is 19.7. The van der Waals surface area contributed by atoms with E-state index in [0.717, 1.165) is 11.1 Å². The molecule has 0 aromatic heterocycles. The predicted octanol–water partition coefficient (Wildman–Crippen LogP) is 3.07. The normalized spacial score (nSPS) is 16.4. The highest BCUT2D eigenvalue weighted by Crippen LogP contribution is 2.40. The Hall–Kier alpha value is -3.02. The van der Waals surface area contributed by atoms with Crippen molar-refractivity contribution < 1.29 is 19.1 Å². The number of para-hydroxylation sites is 1. The quantitative estimate of drug-likeness (QED) is 0.748. The van der Waals surface area contributed by atoms with Crippen molar-refractivity contribution >= 4 is 11.8 Å². The summed E-state index contributed by atoms with van der Waals surface area (Å²) in [6.07, 6.45) is 0.421.